The molecular weight excluding hydrogens is 262 g/mol. The van der Waals surface area contributed by atoms with Gasteiger partial charge in [0.25, 0.3) is 0 Å². The number of nitrogens with two attached hydrogens (primary N) is 1. The van der Waals surface area contributed by atoms with E-state index in [0.717, 1.165) is 29.9 Å². The third kappa shape index (κ3) is 2.07. The zero-order valence-electron chi connectivity index (χ0n) is 11.5. The summed E-state index contributed by atoms with van der Waals surface area (Å²) in [6, 6.07) is 16.5. The van der Waals surface area contributed by atoms with Crippen molar-refractivity contribution in [2.45, 2.75) is 18.9 Å². The predicted octanol–water partition coefficient (Wildman–Crippen LogP) is 2.26. The Hall–Kier alpha value is -2.69. The lowest BCUT2D eigenvalue weighted by Gasteiger charge is -2.11. The first-order valence-electron chi connectivity index (χ1n) is 7.02. The zero-order valence-corrected chi connectivity index (χ0v) is 11.5. The number of nitrogen functional groups attached to an aromatic ring is 1. The van der Waals surface area contributed by atoms with E-state index in [1.165, 1.54) is 11.1 Å². The van der Waals surface area contributed by atoms with E-state index in [2.05, 4.69) is 39.8 Å². The SMILES string of the molecule is Nc1ccc(-c2nnnn2C2Cc3ccccc3C2)cc1. The minimum absolute atomic E-state index is 0.282. The van der Waals surface area contributed by atoms with Crippen LogP contribution in [0.5, 0.6) is 0 Å². The number of nitrogens with zero attached hydrogens (tertiary/aromatic N) is 4. The highest BCUT2D eigenvalue weighted by molar-refractivity contribution is 5.58. The van der Waals surface area contributed by atoms with Crippen LogP contribution in [0.1, 0.15) is 17.2 Å². The van der Waals surface area contributed by atoms with Crippen molar-refractivity contribution in [2.24, 2.45) is 0 Å². The smallest absolute Gasteiger partial charge is 0.182 e. The number of aromatic nitrogens is 4. The Kier molecular flexibility index (Phi) is 2.70. The topological polar surface area (TPSA) is 69.6 Å². The molecule has 21 heavy (non-hydrogen) atoms. The Morgan fingerprint density at radius 2 is 1.62 bits per heavy atom. The molecule has 5 heteroatoms. The van der Waals surface area contributed by atoms with Crippen molar-refractivity contribution in [1.82, 2.24) is 20.2 Å². The van der Waals surface area contributed by atoms with Gasteiger partial charge in [-0.3, -0.25) is 0 Å². The van der Waals surface area contributed by atoms with Crippen molar-refractivity contribution in [2.75, 3.05) is 5.73 Å². The summed E-state index contributed by atoms with van der Waals surface area (Å²) < 4.78 is 1.94. The van der Waals surface area contributed by atoms with E-state index in [9.17, 15) is 0 Å². The second kappa shape index (κ2) is 4.70. The molecule has 0 amide bonds. The van der Waals surface area contributed by atoms with Crippen LogP contribution in [0.2, 0.25) is 0 Å². The lowest BCUT2D eigenvalue weighted by molar-refractivity contribution is 0.466. The molecule has 1 aliphatic carbocycles. The van der Waals surface area contributed by atoms with E-state index in [0.29, 0.717) is 0 Å². The van der Waals surface area contributed by atoms with E-state index >= 15 is 0 Å². The van der Waals surface area contributed by atoms with Gasteiger partial charge >= 0.3 is 0 Å². The summed E-state index contributed by atoms with van der Waals surface area (Å²) >= 11 is 0. The monoisotopic (exact) mass is 277 g/mol. The second-order valence-electron chi connectivity index (χ2n) is 5.40. The van der Waals surface area contributed by atoms with Crippen molar-refractivity contribution in [1.29, 1.82) is 0 Å². The van der Waals surface area contributed by atoms with Crippen LogP contribution in [0.25, 0.3) is 11.4 Å². The van der Waals surface area contributed by atoms with E-state index in [-0.39, 0.29) is 6.04 Å². The minimum atomic E-state index is 0.282. The number of rotatable bonds is 2. The summed E-state index contributed by atoms with van der Waals surface area (Å²) in [5.74, 6) is 0.799. The highest BCUT2D eigenvalue weighted by Crippen LogP contribution is 2.31. The van der Waals surface area contributed by atoms with Crippen LogP contribution in [-0.4, -0.2) is 20.2 Å². The first-order chi connectivity index (χ1) is 10.3. The molecule has 2 N–H and O–H groups in total. The number of hydrogen-bond donors (Lipinski definition) is 1. The number of anilines is 1. The normalized spacial score (nSPS) is 14.3. The molecule has 5 nitrogen and oxygen atoms in total. The molecule has 0 bridgehead atoms. The summed E-state index contributed by atoms with van der Waals surface area (Å²) in [4.78, 5) is 0. The summed E-state index contributed by atoms with van der Waals surface area (Å²) in [7, 11) is 0. The molecule has 1 heterocycles. The van der Waals surface area contributed by atoms with Crippen molar-refractivity contribution in [3.8, 4) is 11.4 Å². The van der Waals surface area contributed by atoms with E-state index in [4.69, 9.17) is 5.73 Å². The Bertz CT molecular complexity index is 750. The molecule has 2 aromatic carbocycles. The van der Waals surface area contributed by atoms with Gasteiger partial charge in [0, 0.05) is 11.3 Å². The fourth-order valence-electron chi connectivity index (χ4n) is 2.97. The van der Waals surface area contributed by atoms with Crippen LogP contribution in [0.3, 0.4) is 0 Å². The zero-order chi connectivity index (χ0) is 14.2. The van der Waals surface area contributed by atoms with Gasteiger partial charge in [0.2, 0.25) is 0 Å². The van der Waals surface area contributed by atoms with Gasteiger partial charge in [-0.1, -0.05) is 24.3 Å². The van der Waals surface area contributed by atoms with Gasteiger partial charge in [0.1, 0.15) is 0 Å². The van der Waals surface area contributed by atoms with E-state index in [1.54, 1.807) is 0 Å². The van der Waals surface area contributed by atoms with Gasteiger partial charge in [0.05, 0.1) is 6.04 Å². The van der Waals surface area contributed by atoms with Gasteiger partial charge in [0.15, 0.2) is 5.82 Å². The highest BCUT2D eigenvalue weighted by Gasteiger charge is 2.26. The molecule has 0 unspecified atom stereocenters. The molecule has 104 valence electrons. The molecule has 4 rings (SSSR count). The predicted molar refractivity (Wildman–Crippen MR) is 80.6 cm³/mol. The number of tetrazole rings is 1. The Balaban J connectivity index is 1.69. The Morgan fingerprint density at radius 1 is 0.952 bits per heavy atom. The lowest BCUT2D eigenvalue weighted by atomic mass is 10.1. The number of hydrogen-bond acceptors (Lipinski definition) is 4. The van der Waals surface area contributed by atoms with Gasteiger partial charge in [-0.25, -0.2) is 4.68 Å². The summed E-state index contributed by atoms with van der Waals surface area (Å²) in [6.07, 6.45) is 1.95. The Labute approximate surface area is 122 Å². The first kappa shape index (κ1) is 12.1. The maximum absolute atomic E-state index is 5.74. The van der Waals surface area contributed by atoms with Crippen molar-refractivity contribution < 1.29 is 0 Å². The average Bonchev–Trinajstić information content (AvgIpc) is 3.14. The van der Waals surface area contributed by atoms with Crippen LogP contribution in [0.15, 0.2) is 48.5 Å². The van der Waals surface area contributed by atoms with Crippen LogP contribution in [0, 0.1) is 0 Å². The number of benzene rings is 2. The molecule has 0 spiro atoms. The molecular formula is C16H15N5. The maximum Gasteiger partial charge on any atom is 0.182 e. The second-order valence-corrected chi connectivity index (χ2v) is 5.40. The van der Waals surface area contributed by atoms with E-state index < -0.39 is 0 Å². The fourth-order valence-corrected chi connectivity index (χ4v) is 2.97. The molecule has 0 radical (unpaired) electrons. The van der Waals surface area contributed by atoms with Crippen LogP contribution in [0.4, 0.5) is 5.69 Å². The largest absolute Gasteiger partial charge is 0.399 e. The molecule has 0 fully saturated rings. The molecule has 0 saturated heterocycles. The molecule has 0 atom stereocenters. The van der Waals surface area contributed by atoms with Crippen molar-refractivity contribution >= 4 is 5.69 Å². The lowest BCUT2D eigenvalue weighted by Crippen LogP contribution is -2.12. The van der Waals surface area contributed by atoms with Crippen LogP contribution in [-0.2, 0) is 12.8 Å². The molecule has 1 aliphatic rings. The molecule has 0 aliphatic heterocycles. The summed E-state index contributed by atoms with van der Waals surface area (Å²) in [5.41, 5.74) is 10.3. The van der Waals surface area contributed by atoms with Crippen molar-refractivity contribution in [3.05, 3.63) is 59.7 Å². The molecule has 3 aromatic rings. The third-order valence-electron chi connectivity index (χ3n) is 4.04. The standard InChI is InChI=1S/C16H15N5/c17-14-7-5-11(6-8-14)16-18-19-20-21(16)15-9-12-3-1-2-4-13(12)10-15/h1-8,15H,9-10,17H2. The highest BCUT2D eigenvalue weighted by atomic mass is 15.5. The quantitative estimate of drug-likeness (QED) is 0.729. The summed E-state index contributed by atoms with van der Waals surface area (Å²) in [5, 5.41) is 12.2. The molecule has 0 saturated carbocycles. The van der Waals surface area contributed by atoms with Gasteiger partial charge in [-0.2, -0.15) is 0 Å². The average molecular weight is 277 g/mol. The van der Waals surface area contributed by atoms with Gasteiger partial charge in [-0.05, 0) is 58.7 Å². The number of fused-ring (bicyclic) bond motifs is 1. The van der Waals surface area contributed by atoms with E-state index in [1.807, 2.05) is 28.9 Å². The van der Waals surface area contributed by atoms with Crippen LogP contribution >= 0.6 is 0 Å². The summed E-state index contributed by atoms with van der Waals surface area (Å²) in [6.45, 7) is 0. The Morgan fingerprint density at radius 3 is 2.29 bits per heavy atom. The first-order valence-corrected chi connectivity index (χ1v) is 7.02. The van der Waals surface area contributed by atoms with Crippen molar-refractivity contribution in [3.63, 3.8) is 0 Å². The minimum Gasteiger partial charge on any atom is -0.399 e. The fraction of sp³-hybridized carbons (Fsp3) is 0.188. The van der Waals surface area contributed by atoms with Gasteiger partial charge < -0.3 is 5.73 Å². The molecule has 1 aromatic heterocycles. The third-order valence-corrected chi connectivity index (χ3v) is 4.04. The maximum atomic E-state index is 5.74. The van der Waals surface area contributed by atoms with Crippen LogP contribution < -0.4 is 5.73 Å². The van der Waals surface area contributed by atoms with Gasteiger partial charge in [-0.15, -0.1) is 5.10 Å².